The quantitative estimate of drug-likeness (QED) is 0.415. The number of pyridine rings is 1. The molecule has 0 amide bonds. The van der Waals surface area contributed by atoms with Crippen LogP contribution >= 0.6 is 24.0 Å². The fourth-order valence-electron chi connectivity index (χ4n) is 1.96. The van der Waals surface area contributed by atoms with Crippen LogP contribution in [-0.2, 0) is 6.54 Å². The summed E-state index contributed by atoms with van der Waals surface area (Å²) in [5.74, 6) is 1.05. The van der Waals surface area contributed by atoms with Crippen molar-refractivity contribution < 1.29 is 17.9 Å². The van der Waals surface area contributed by atoms with E-state index in [-0.39, 0.29) is 30.5 Å². The van der Waals surface area contributed by atoms with E-state index >= 15 is 0 Å². The van der Waals surface area contributed by atoms with Crippen LogP contribution in [0.2, 0.25) is 0 Å². The first-order valence-electron chi connectivity index (χ1n) is 6.78. The summed E-state index contributed by atoms with van der Waals surface area (Å²) in [6, 6.07) is 0. The Hall–Kier alpha value is -1.26. The predicted molar refractivity (Wildman–Crippen MR) is 94.6 cm³/mol. The summed E-state index contributed by atoms with van der Waals surface area (Å²) in [7, 11) is 3.09. The van der Waals surface area contributed by atoms with Crippen LogP contribution in [-0.4, -0.2) is 37.8 Å². The van der Waals surface area contributed by atoms with Crippen LogP contribution < -0.4 is 15.4 Å². The number of aryl methyl sites for hydroxylation is 1. The van der Waals surface area contributed by atoms with Crippen LogP contribution in [0.4, 0.5) is 13.2 Å². The lowest BCUT2D eigenvalue weighted by Gasteiger charge is -2.15. The van der Waals surface area contributed by atoms with Crippen molar-refractivity contribution in [1.82, 2.24) is 15.6 Å². The Bertz CT molecular complexity index is 535. The molecule has 1 rings (SSSR count). The second-order valence-corrected chi connectivity index (χ2v) is 4.76. The Morgan fingerprint density at radius 1 is 1.30 bits per heavy atom. The van der Waals surface area contributed by atoms with E-state index in [2.05, 4.69) is 20.6 Å². The molecule has 0 aromatic carbocycles. The molecule has 0 fully saturated rings. The van der Waals surface area contributed by atoms with Gasteiger partial charge in [0.25, 0.3) is 0 Å². The number of halogens is 4. The number of aliphatic imine (C=N–C) groups is 1. The van der Waals surface area contributed by atoms with Crippen LogP contribution in [0.25, 0.3) is 0 Å². The molecule has 1 aromatic rings. The molecule has 2 N–H and O–H groups in total. The zero-order valence-electron chi connectivity index (χ0n) is 13.5. The first-order chi connectivity index (χ1) is 10.3. The fourth-order valence-corrected chi connectivity index (χ4v) is 1.96. The van der Waals surface area contributed by atoms with Crippen molar-refractivity contribution in [3.8, 4) is 5.75 Å². The number of aromatic nitrogens is 1. The molecule has 0 radical (unpaired) electrons. The number of hydrogen-bond acceptors (Lipinski definition) is 3. The summed E-state index contributed by atoms with van der Waals surface area (Å²) >= 11 is 0. The van der Waals surface area contributed by atoms with Crippen LogP contribution in [0, 0.1) is 13.8 Å². The number of hydrogen-bond donors (Lipinski definition) is 2. The minimum absolute atomic E-state index is 0. The molecule has 5 nitrogen and oxygen atoms in total. The summed E-state index contributed by atoms with van der Waals surface area (Å²) in [5, 5.41) is 5.55. The summed E-state index contributed by atoms with van der Waals surface area (Å²) in [6.45, 7) is 3.89. The zero-order valence-corrected chi connectivity index (χ0v) is 15.9. The number of rotatable bonds is 5. The van der Waals surface area contributed by atoms with Gasteiger partial charge >= 0.3 is 6.18 Å². The molecular weight excluding hydrogens is 424 g/mol. The van der Waals surface area contributed by atoms with Crippen molar-refractivity contribution in [1.29, 1.82) is 0 Å². The van der Waals surface area contributed by atoms with Crippen LogP contribution in [0.15, 0.2) is 11.2 Å². The Kier molecular flexibility index (Phi) is 9.25. The van der Waals surface area contributed by atoms with Crippen molar-refractivity contribution >= 4 is 29.9 Å². The Morgan fingerprint density at radius 3 is 2.48 bits per heavy atom. The standard InChI is InChI=1S/C14H21F3N4O.HI/c1-9-7-20-11(10(2)12(9)22-4)8-21-13(18-3)19-6-5-14(15,16)17;/h7H,5-6,8H2,1-4H3,(H2,18,19,21);1H. The Morgan fingerprint density at radius 2 is 1.96 bits per heavy atom. The van der Waals surface area contributed by atoms with E-state index in [1.807, 2.05) is 13.8 Å². The topological polar surface area (TPSA) is 58.5 Å². The average molecular weight is 446 g/mol. The Balaban J connectivity index is 0.00000484. The van der Waals surface area contributed by atoms with Gasteiger partial charge in [-0.05, 0) is 13.8 Å². The molecule has 0 aliphatic carbocycles. The van der Waals surface area contributed by atoms with Crippen LogP contribution in [0.5, 0.6) is 5.75 Å². The normalized spacial score (nSPS) is 11.7. The molecule has 0 unspecified atom stereocenters. The number of nitrogens with zero attached hydrogens (tertiary/aromatic N) is 2. The lowest BCUT2D eigenvalue weighted by molar-refractivity contribution is -0.132. The maximum absolute atomic E-state index is 12.1. The van der Waals surface area contributed by atoms with E-state index in [1.54, 1.807) is 13.3 Å². The smallest absolute Gasteiger partial charge is 0.390 e. The third kappa shape index (κ3) is 7.23. The van der Waals surface area contributed by atoms with Gasteiger partial charge in [-0.25, -0.2) is 0 Å². The molecule has 0 atom stereocenters. The third-order valence-corrected chi connectivity index (χ3v) is 3.10. The van der Waals surface area contributed by atoms with Crippen LogP contribution in [0.1, 0.15) is 23.2 Å². The van der Waals surface area contributed by atoms with Gasteiger partial charge in [0.05, 0.1) is 25.8 Å². The molecule has 0 aliphatic heterocycles. The average Bonchev–Trinajstić information content (AvgIpc) is 2.43. The first-order valence-corrected chi connectivity index (χ1v) is 6.78. The summed E-state index contributed by atoms with van der Waals surface area (Å²) in [4.78, 5) is 8.19. The molecule has 0 saturated carbocycles. The minimum Gasteiger partial charge on any atom is -0.496 e. The summed E-state index contributed by atoms with van der Waals surface area (Å²) < 4.78 is 41.6. The van der Waals surface area contributed by atoms with Gasteiger partial charge in [-0.3, -0.25) is 9.98 Å². The SMILES string of the molecule is CN=C(NCCC(F)(F)F)NCc1ncc(C)c(OC)c1C.I. The van der Waals surface area contributed by atoms with Gasteiger partial charge in [-0.1, -0.05) is 0 Å². The van der Waals surface area contributed by atoms with E-state index in [1.165, 1.54) is 7.05 Å². The van der Waals surface area contributed by atoms with E-state index < -0.39 is 12.6 Å². The first kappa shape index (κ1) is 21.7. The van der Waals surface area contributed by atoms with Crippen molar-refractivity contribution in [3.63, 3.8) is 0 Å². The van der Waals surface area contributed by atoms with Crippen molar-refractivity contribution in [2.24, 2.45) is 4.99 Å². The number of methoxy groups -OCH3 is 1. The molecular formula is C14H22F3IN4O. The number of ether oxygens (including phenoxy) is 1. The number of nitrogens with one attached hydrogen (secondary N) is 2. The molecule has 9 heteroatoms. The highest BCUT2D eigenvalue weighted by Gasteiger charge is 2.26. The molecule has 0 spiro atoms. The monoisotopic (exact) mass is 446 g/mol. The number of alkyl halides is 3. The van der Waals surface area contributed by atoms with Crippen molar-refractivity contribution in [2.75, 3.05) is 20.7 Å². The van der Waals surface area contributed by atoms with Gasteiger partial charge in [0.15, 0.2) is 5.96 Å². The van der Waals surface area contributed by atoms with Crippen molar-refractivity contribution in [2.45, 2.75) is 33.0 Å². The second-order valence-electron chi connectivity index (χ2n) is 4.76. The highest BCUT2D eigenvalue weighted by Crippen LogP contribution is 2.23. The predicted octanol–water partition coefficient (Wildman–Crippen LogP) is 2.94. The zero-order chi connectivity index (χ0) is 16.8. The second kappa shape index (κ2) is 9.78. The maximum atomic E-state index is 12.1. The van der Waals surface area contributed by atoms with Gasteiger partial charge in [0.2, 0.25) is 0 Å². The Labute approximate surface area is 151 Å². The summed E-state index contributed by atoms with van der Waals surface area (Å²) in [5.41, 5.74) is 2.57. The lowest BCUT2D eigenvalue weighted by atomic mass is 10.1. The maximum Gasteiger partial charge on any atom is 0.390 e. The molecule has 0 saturated heterocycles. The fraction of sp³-hybridized carbons (Fsp3) is 0.571. The minimum atomic E-state index is -4.19. The highest BCUT2D eigenvalue weighted by molar-refractivity contribution is 14.0. The van der Waals surface area contributed by atoms with Crippen molar-refractivity contribution in [3.05, 3.63) is 23.0 Å². The van der Waals surface area contributed by atoms with E-state index in [0.29, 0.717) is 12.5 Å². The summed E-state index contributed by atoms with van der Waals surface area (Å²) in [6.07, 6.45) is -3.40. The molecule has 1 aromatic heterocycles. The molecule has 0 aliphatic rings. The van der Waals surface area contributed by atoms with Crippen LogP contribution in [0.3, 0.4) is 0 Å². The van der Waals surface area contributed by atoms with E-state index in [4.69, 9.17) is 4.74 Å². The lowest BCUT2D eigenvalue weighted by Crippen LogP contribution is -2.38. The van der Waals surface area contributed by atoms with Gasteiger partial charge in [0.1, 0.15) is 5.75 Å². The largest absolute Gasteiger partial charge is 0.496 e. The molecule has 23 heavy (non-hydrogen) atoms. The van der Waals surface area contributed by atoms with Gasteiger partial charge in [-0.15, -0.1) is 24.0 Å². The van der Waals surface area contributed by atoms with E-state index in [0.717, 1.165) is 22.6 Å². The molecule has 132 valence electrons. The third-order valence-electron chi connectivity index (χ3n) is 3.10. The number of guanidine groups is 1. The van der Waals surface area contributed by atoms with Gasteiger partial charge in [-0.2, -0.15) is 13.2 Å². The van der Waals surface area contributed by atoms with Gasteiger partial charge in [0, 0.05) is 30.9 Å². The van der Waals surface area contributed by atoms with Gasteiger partial charge < -0.3 is 15.4 Å². The highest BCUT2D eigenvalue weighted by atomic mass is 127. The van der Waals surface area contributed by atoms with E-state index in [9.17, 15) is 13.2 Å². The molecule has 0 bridgehead atoms. The molecule has 1 heterocycles.